The average molecular weight is 377 g/mol. The predicted octanol–water partition coefficient (Wildman–Crippen LogP) is 2.88. The smallest absolute Gasteiger partial charge is 0.230 e. The maximum absolute atomic E-state index is 12.6. The molecule has 0 aliphatic carbocycles. The topological polar surface area (TPSA) is 52.9 Å². The number of piperazine rings is 1. The molecule has 0 unspecified atom stereocenters. The number of aromatic nitrogens is 2. The van der Waals surface area contributed by atoms with E-state index in [4.69, 9.17) is 0 Å². The molecule has 1 aliphatic rings. The molecule has 6 heteroatoms. The molecule has 0 bridgehead atoms. The minimum atomic E-state index is -0.0289. The van der Waals surface area contributed by atoms with Gasteiger partial charge in [-0.05, 0) is 56.8 Å². The Bertz CT molecular complexity index is 984. The summed E-state index contributed by atoms with van der Waals surface area (Å²) in [5.74, 6) is -0.0289. The van der Waals surface area contributed by atoms with Crippen LogP contribution in [0.15, 0.2) is 42.6 Å². The van der Waals surface area contributed by atoms with Crippen molar-refractivity contribution in [2.24, 2.45) is 0 Å². The van der Waals surface area contributed by atoms with E-state index in [1.54, 1.807) is 0 Å². The molecule has 0 saturated carbocycles. The second-order valence-electron chi connectivity index (χ2n) is 7.59. The van der Waals surface area contributed by atoms with E-state index in [0.717, 1.165) is 54.5 Å². The molecule has 28 heavy (non-hydrogen) atoms. The van der Waals surface area contributed by atoms with Crippen LogP contribution in [0.4, 0.5) is 11.4 Å². The molecule has 1 saturated heterocycles. The van der Waals surface area contributed by atoms with Crippen molar-refractivity contribution in [3.63, 3.8) is 0 Å². The zero-order valence-corrected chi connectivity index (χ0v) is 16.8. The fourth-order valence-corrected chi connectivity index (χ4v) is 3.76. The van der Waals surface area contributed by atoms with E-state index in [-0.39, 0.29) is 5.91 Å². The summed E-state index contributed by atoms with van der Waals surface area (Å²) in [5, 5.41) is 3.02. The van der Waals surface area contributed by atoms with Gasteiger partial charge < -0.3 is 19.5 Å². The fourth-order valence-electron chi connectivity index (χ4n) is 3.76. The zero-order valence-electron chi connectivity index (χ0n) is 16.8. The van der Waals surface area contributed by atoms with Gasteiger partial charge in [0.15, 0.2) is 0 Å². The number of nitrogens with one attached hydrogen (secondary N) is 1. The third-order valence-electron chi connectivity index (χ3n) is 5.49. The molecule has 1 N–H and O–H groups in total. The van der Waals surface area contributed by atoms with E-state index in [1.807, 2.05) is 48.7 Å². The highest BCUT2D eigenvalue weighted by atomic mass is 16.1. The first-order chi connectivity index (χ1) is 13.5. The van der Waals surface area contributed by atoms with E-state index in [9.17, 15) is 4.79 Å². The Balaban J connectivity index is 1.43. The van der Waals surface area contributed by atoms with Gasteiger partial charge in [-0.15, -0.1) is 0 Å². The normalized spacial score (nSPS) is 15.2. The second kappa shape index (κ2) is 7.64. The van der Waals surface area contributed by atoms with Crippen LogP contribution >= 0.6 is 0 Å². The maximum atomic E-state index is 12.6. The lowest BCUT2D eigenvalue weighted by atomic mass is 10.2. The van der Waals surface area contributed by atoms with Gasteiger partial charge in [0.1, 0.15) is 5.65 Å². The number of fused-ring (bicyclic) bond motifs is 1. The number of rotatable bonds is 4. The maximum Gasteiger partial charge on any atom is 0.230 e. The van der Waals surface area contributed by atoms with Crippen LogP contribution in [-0.4, -0.2) is 53.4 Å². The monoisotopic (exact) mass is 377 g/mol. The fraction of sp³-hybridized carbons (Fsp3) is 0.364. The van der Waals surface area contributed by atoms with Gasteiger partial charge in [-0.3, -0.25) is 4.79 Å². The molecule has 1 amide bonds. The van der Waals surface area contributed by atoms with Crippen molar-refractivity contribution < 1.29 is 4.79 Å². The first kappa shape index (κ1) is 18.5. The number of hydrogen-bond donors (Lipinski definition) is 1. The quantitative estimate of drug-likeness (QED) is 0.760. The number of imidazole rings is 1. The van der Waals surface area contributed by atoms with Gasteiger partial charge in [-0.2, -0.15) is 0 Å². The highest BCUT2D eigenvalue weighted by Gasteiger charge is 2.16. The van der Waals surface area contributed by atoms with E-state index in [0.29, 0.717) is 6.42 Å². The molecule has 146 valence electrons. The molecule has 0 spiro atoms. The number of hydrogen-bond acceptors (Lipinski definition) is 4. The van der Waals surface area contributed by atoms with Gasteiger partial charge in [0.25, 0.3) is 0 Å². The van der Waals surface area contributed by atoms with E-state index >= 15 is 0 Å². The van der Waals surface area contributed by atoms with Crippen LogP contribution in [0.25, 0.3) is 5.65 Å². The Morgan fingerprint density at radius 3 is 2.50 bits per heavy atom. The van der Waals surface area contributed by atoms with Gasteiger partial charge >= 0.3 is 0 Å². The van der Waals surface area contributed by atoms with Crippen molar-refractivity contribution in [3.8, 4) is 0 Å². The van der Waals surface area contributed by atoms with E-state index in [1.165, 1.54) is 5.69 Å². The lowest BCUT2D eigenvalue weighted by molar-refractivity contribution is -0.115. The number of carbonyl (C=O) groups excluding carboxylic acids is 1. The Morgan fingerprint density at radius 2 is 1.79 bits per heavy atom. The van der Waals surface area contributed by atoms with Gasteiger partial charge in [-0.25, -0.2) is 4.98 Å². The van der Waals surface area contributed by atoms with Crippen LogP contribution in [0.3, 0.4) is 0 Å². The standard InChI is InChI=1S/C22H27N5O/c1-16-5-4-10-27-20(17(2)23-22(16)27)15-21(28)24-18-6-8-19(9-7-18)26-13-11-25(3)12-14-26/h4-10H,11-15H2,1-3H3,(H,24,28). The van der Waals surface area contributed by atoms with Gasteiger partial charge in [0.05, 0.1) is 17.8 Å². The molecule has 0 atom stereocenters. The largest absolute Gasteiger partial charge is 0.369 e. The van der Waals surface area contributed by atoms with Crippen LogP contribution in [0.1, 0.15) is 17.0 Å². The molecule has 6 nitrogen and oxygen atoms in total. The molecule has 1 aromatic carbocycles. The van der Waals surface area contributed by atoms with Crippen molar-refractivity contribution in [2.45, 2.75) is 20.3 Å². The molecule has 1 aliphatic heterocycles. The number of amides is 1. The Hall–Kier alpha value is -2.86. The van der Waals surface area contributed by atoms with Crippen molar-refractivity contribution >= 4 is 22.9 Å². The molecule has 3 aromatic rings. The second-order valence-corrected chi connectivity index (χ2v) is 7.59. The predicted molar refractivity (Wildman–Crippen MR) is 113 cm³/mol. The number of benzene rings is 1. The lowest BCUT2D eigenvalue weighted by Gasteiger charge is -2.34. The van der Waals surface area contributed by atoms with Crippen molar-refractivity contribution in [1.82, 2.24) is 14.3 Å². The summed E-state index contributed by atoms with van der Waals surface area (Å²) in [7, 11) is 2.16. The molecule has 3 heterocycles. The van der Waals surface area contributed by atoms with Crippen LogP contribution < -0.4 is 10.2 Å². The summed E-state index contributed by atoms with van der Waals surface area (Å²) in [4.78, 5) is 22.0. The first-order valence-corrected chi connectivity index (χ1v) is 9.78. The molecular formula is C22H27N5O. The number of pyridine rings is 1. The summed E-state index contributed by atoms with van der Waals surface area (Å²) in [5.41, 5.74) is 5.89. The minimum absolute atomic E-state index is 0.0289. The number of likely N-dealkylation sites (N-methyl/N-ethyl adjacent to an activating group) is 1. The lowest BCUT2D eigenvalue weighted by Crippen LogP contribution is -2.44. The third kappa shape index (κ3) is 3.73. The number of anilines is 2. The van der Waals surface area contributed by atoms with E-state index < -0.39 is 0 Å². The number of carbonyl (C=O) groups is 1. The molecular weight excluding hydrogens is 350 g/mol. The molecule has 1 fully saturated rings. The van der Waals surface area contributed by atoms with Crippen LogP contribution in [0, 0.1) is 13.8 Å². The minimum Gasteiger partial charge on any atom is -0.369 e. The highest BCUT2D eigenvalue weighted by Crippen LogP contribution is 2.20. The summed E-state index contributed by atoms with van der Waals surface area (Å²) in [6.45, 7) is 8.23. The van der Waals surface area contributed by atoms with Gasteiger partial charge in [0, 0.05) is 43.8 Å². The summed E-state index contributed by atoms with van der Waals surface area (Å²) in [6.07, 6.45) is 2.27. The van der Waals surface area contributed by atoms with Gasteiger partial charge in [-0.1, -0.05) is 6.07 Å². The average Bonchev–Trinajstić information content (AvgIpc) is 3.00. The zero-order chi connectivity index (χ0) is 19.7. The van der Waals surface area contributed by atoms with Gasteiger partial charge in [0.2, 0.25) is 5.91 Å². The van der Waals surface area contributed by atoms with Crippen LogP contribution in [0.2, 0.25) is 0 Å². The van der Waals surface area contributed by atoms with E-state index in [2.05, 4.69) is 39.3 Å². The van der Waals surface area contributed by atoms with Crippen LogP contribution in [0.5, 0.6) is 0 Å². The Morgan fingerprint density at radius 1 is 1.07 bits per heavy atom. The SMILES string of the molecule is Cc1nc2c(C)cccn2c1CC(=O)Nc1ccc(N2CCN(C)CC2)cc1. The molecule has 4 rings (SSSR count). The summed E-state index contributed by atoms with van der Waals surface area (Å²) in [6, 6.07) is 12.2. The van der Waals surface area contributed by atoms with Crippen molar-refractivity contribution in [2.75, 3.05) is 43.4 Å². The summed E-state index contributed by atoms with van der Waals surface area (Å²) < 4.78 is 2.01. The number of aryl methyl sites for hydroxylation is 2. The Kier molecular flexibility index (Phi) is 5.05. The number of nitrogens with zero attached hydrogens (tertiary/aromatic N) is 4. The first-order valence-electron chi connectivity index (χ1n) is 9.78. The van der Waals surface area contributed by atoms with Crippen LogP contribution in [-0.2, 0) is 11.2 Å². The molecule has 2 aromatic heterocycles. The molecule has 0 radical (unpaired) electrons. The Labute approximate surface area is 165 Å². The summed E-state index contributed by atoms with van der Waals surface area (Å²) >= 11 is 0. The third-order valence-corrected chi connectivity index (χ3v) is 5.49. The van der Waals surface area contributed by atoms with Crippen molar-refractivity contribution in [3.05, 3.63) is 59.5 Å². The van der Waals surface area contributed by atoms with Crippen molar-refractivity contribution in [1.29, 1.82) is 0 Å². The highest BCUT2D eigenvalue weighted by molar-refractivity contribution is 5.92.